The number of hydrogen-bond donors (Lipinski definition) is 0. The summed E-state index contributed by atoms with van der Waals surface area (Å²) in [5, 5.41) is 30.0. The van der Waals surface area contributed by atoms with Crippen molar-refractivity contribution in [2.45, 2.75) is 12.8 Å². The minimum Gasteiger partial charge on any atom is -0.337 e. The van der Waals surface area contributed by atoms with Crippen molar-refractivity contribution in [1.82, 2.24) is 5.01 Å². The molecule has 0 saturated carbocycles. The van der Waals surface area contributed by atoms with E-state index in [1.807, 2.05) is 0 Å². The van der Waals surface area contributed by atoms with Crippen LogP contribution in [0.15, 0.2) is 0 Å². The number of ether oxygens (including phenoxy) is 1. The summed E-state index contributed by atoms with van der Waals surface area (Å²) < 4.78 is 17.3. The topological polar surface area (TPSA) is 142 Å². The highest BCUT2D eigenvalue weighted by Crippen LogP contribution is 2.13. The molecule has 0 aromatic carbocycles. The molecule has 0 aliphatic carbocycles. The number of hydrogen-bond acceptors (Lipinski definition) is 7. The van der Waals surface area contributed by atoms with Gasteiger partial charge in [0.05, 0.1) is 6.54 Å². The molecule has 0 aliphatic rings. The third kappa shape index (κ3) is 3.75. The van der Waals surface area contributed by atoms with Crippen LogP contribution < -0.4 is 0 Å². The number of hydrazine groups is 1. The molecule has 98 valence electrons. The molecular formula is C5H9FN4O7. The van der Waals surface area contributed by atoms with Crippen LogP contribution in [0.5, 0.6) is 0 Å². The monoisotopic (exact) mass is 256 g/mol. The normalized spacial score (nSPS) is 10.9. The second kappa shape index (κ2) is 5.83. The van der Waals surface area contributed by atoms with E-state index in [9.17, 15) is 34.7 Å². The second-order valence-electron chi connectivity index (χ2n) is 2.77. The van der Waals surface area contributed by atoms with E-state index < -0.39 is 34.1 Å². The van der Waals surface area contributed by atoms with Crippen LogP contribution >= 0.6 is 0 Å². The van der Waals surface area contributed by atoms with Gasteiger partial charge in [0, 0.05) is 0 Å². The van der Waals surface area contributed by atoms with Gasteiger partial charge in [-0.3, -0.25) is 20.2 Å². The third-order valence-electron chi connectivity index (χ3n) is 1.68. The highest BCUT2D eigenvalue weighted by molar-refractivity contribution is 4.49. The lowest BCUT2D eigenvalue weighted by molar-refractivity contribution is -0.833. The number of nitro groups is 3. The van der Waals surface area contributed by atoms with E-state index >= 15 is 0 Å². The maximum Gasteiger partial charge on any atom is 0.637 e. The summed E-state index contributed by atoms with van der Waals surface area (Å²) in [5.41, 5.74) is 0. The third-order valence-corrected chi connectivity index (χ3v) is 1.68. The Morgan fingerprint density at radius 2 is 1.71 bits per heavy atom. The van der Waals surface area contributed by atoms with Crippen LogP contribution in [0, 0.1) is 30.3 Å². The molecule has 0 heterocycles. The van der Waals surface area contributed by atoms with Crippen molar-refractivity contribution in [3.63, 3.8) is 0 Å². The fourth-order valence-corrected chi connectivity index (χ4v) is 0.707. The smallest absolute Gasteiger partial charge is 0.337 e. The predicted octanol–water partition coefficient (Wildman–Crippen LogP) is -0.349. The van der Waals surface area contributed by atoms with Gasteiger partial charge in [-0.15, -0.1) is 5.01 Å². The molecule has 0 saturated heterocycles. The zero-order chi connectivity index (χ0) is 13.6. The van der Waals surface area contributed by atoms with Crippen molar-refractivity contribution >= 4 is 0 Å². The minimum atomic E-state index is -4.00. The van der Waals surface area contributed by atoms with Gasteiger partial charge in [-0.05, 0) is 6.92 Å². The summed E-state index contributed by atoms with van der Waals surface area (Å²) in [4.78, 5) is 26.9. The summed E-state index contributed by atoms with van der Waals surface area (Å²) in [6.45, 7) is -1.03. The van der Waals surface area contributed by atoms with Crippen LogP contribution in [-0.2, 0) is 4.74 Å². The van der Waals surface area contributed by atoms with Gasteiger partial charge >= 0.3 is 5.92 Å². The van der Waals surface area contributed by atoms with Crippen molar-refractivity contribution < 1.29 is 24.0 Å². The average molecular weight is 256 g/mol. The number of rotatable bonds is 8. The van der Waals surface area contributed by atoms with Crippen molar-refractivity contribution in [2.24, 2.45) is 0 Å². The lowest BCUT2D eigenvalue weighted by Gasteiger charge is -2.13. The van der Waals surface area contributed by atoms with Gasteiger partial charge in [-0.2, -0.15) is 0 Å². The predicted molar refractivity (Wildman–Crippen MR) is 48.0 cm³/mol. The zero-order valence-corrected chi connectivity index (χ0v) is 8.65. The molecule has 0 N–H and O–H groups in total. The Labute approximate surface area is 93.2 Å². The van der Waals surface area contributed by atoms with Gasteiger partial charge in [0.1, 0.15) is 9.85 Å². The van der Waals surface area contributed by atoms with Crippen LogP contribution in [0.4, 0.5) is 4.39 Å². The summed E-state index contributed by atoms with van der Waals surface area (Å²) in [6.07, 6.45) is 0. The Kier molecular flexibility index (Phi) is 5.11. The van der Waals surface area contributed by atoms with E-state index in [2.05, 4.69) is 4.74 Å². The maximum atomic E-state index is 13.1. The molecule has 0 atom stereocenters. The number of halogens is 1. The summed E-state index contributed by atoms with van der Waals surface area (Å²) in [5.74, 6) is -4.00. The molecule has 0 bridgehead atoms. The highest BCUT2D eigenvalue weighted by atomic mass is 19.2. The van der Waals surface area contributed by atoms with E-state index in [0.717, 1.165) is 0 Å². The fraction of sp³-hybridized carbons (Fsp3) is 1.00. The van der Waals surface area contributed by atoms with Crippen molar-refractivity contribution in [3.05, 3.63) is 30.3 Å². The first-order valence-electron chi connectivity index (χ1n) is 4.20. The Morgan fingerprint density at radius 1 is 1.24 bits per heavy atom. The summed E-state index contributed by atoms with van der Waals surface area (Å²) >= 11 is 0. The Hall–Kier alpha value is -2.11. The largest absolute Gasteiger partial charge is 0.637 e. The zero-order valence-electron chi connectivity index (χ0n) is 8.65. The minimum absolute atomic E-state index is 0.108. The van der Waals surface area contributed by atoms with Gasteiger partial charge < -0.3 is 4.74 Å². The van der Waals surface area contributed by atoms with Crippen molar-refractivity contribution in [1.29, 1.82) is 0 Å². The van der Waals surface area contributed by atoms with Crippen LogP contribution in [-0.4, -0.2) is 45.7 Å². The summed E-state index contributed by atoms with van der Waals surface area (Å²) in [7, 11) is 0. The molecule has 0 aromatic rings. The molecule has 11 nitrogen and oxygen atoms in total. The molecule has 0 unspecified atom stereocenters. The van der Waals surface area contributed by atoms with Gasteiger partial charge in [-0.1, -0.05) is 4.39 Å². The Morgan fingerprint density at radius 3 is 2.00 bits per heavy atom. The van der Waals surface area contributed by atoms with E-state index in [0.29, 0.717) is 5.01 Å². The second-order valence-corrected chi connectivity index (χ2v) is 2.77. The first-order chi connectivity index (χ1) is 7.75. The lowest BCUT2D eigenvalue weighted by atomic mass is 10.5. The number of nitrogens with zero attached hydrogens (tertiary/aromatic N) is 4. The Balaban J connectivity index is 4.39. The Bertz CT molecular complexity index is 309. The first kappa shape index (κ1) is 14.9. The van der Waals surface area contributed by atoms with E-state index in [1.54, 1.807) is 0 Å². The van der Waals surface area contributed by atoms with E-state index in [-0.39, 0.29) is 6.54 Å². The van der Waals surface area contributed by atoms with Gasteiger partial charge in [-0.25, -0.2) is 10.1 Å². The van der Waals surface area contributed by atoms with Crippen molar-refractivity contribution in [3.8, 4) is 0 Å². The fourth-order valence-electron chi connectivity index (χ4n) is 0.707. The quantitative estimate of drug-likeness (QED) is 0.248. The highest BCUT2D eigenvalue weighted by Gasteiger charge is 2.58. The van der Waals surface area contributed by atoms with Crippen LogP contribution in [0.3, 0.4) is 0 Å². The lowest BCUT2D eigenvalue weighted by Crippen LogP contribution is -2.47. The molecule has 0 aromatic heterocycles. The molecule has 0 amide bonds. The molecule has 0 aliphatic heterocycles. The number of alkyl halides is 1. The standard InChI is InChI=1S/C5H9FN4O7/c1-2-7(10(15)16)4-17-3-5(6,8(11)12)9(13)14/h2-4H2,1H3. The van der Waals surface area contributed by atoms with Crippen LogP contribution in [0.2, 0.25) is 0 Å². The first-order valence-corrected chi connectivity index (χ1v) is 4.20. The molecule has 12 heteroatoms. The van der Waals surface area contributed by atoms with Gasteiger partial charge in [0.15, 0.2) is 11.8 Å². The van der Waals surface area contributed by atoms with E-state index in [1.165, 1.54) is 6.92 Å². The summed E-state index contributed by atoms with van der Waals surface area (Å²) in [6, 6.07) is 0. The molecule has 0 fully saturated rings. The van der Waals surface area contributed by atoms with Gasteiger partial charge in [0.25, 0.3) is 0 Å². The van der Waals surface area contributed by atoms with E-state index in [4.69, 9.17) is 0 Å². The maximum absolute atomic E-state index is 13.1. The van der Waals surface area contributed by atoms with Gasteiger partial charge in [0.2, 0.25) is 6.61 Å². The molecule has 0 radical (unpaired) electrons. The molecular weight excluding hydrogens is 247 g/mol. The van der Waals surface area contributed by atoms with Crippen LogP contribution in [0.1, 0.15) is 6.92 Å². The van der Waals surface area contributed by atoms with Crippen molar-refractivity contribution in [2.75, 3.05) is 19.9 Å². The molecule has 0 rings (SSSR count). The molecule has 0 spiro atoms. The average Bonchev–Trinajstić information content (AvgIpc) is 2.22. The van der Waals surface area contributed by atoms with Crippen LogP contribution in [0.25, 0.3) is 0 Å². The SMILES string of the molecule is CCN(COCC(F)([N+](=O)[O-])[N+](=O)[O-])[N+](=O)[O-]. The molecule has 17 heavy (non-hydrogen) atoms.